The van der Waals surface area contributed by atoms with Crippen LogP contribution in [0.2, 0.25) is 0 Å². The highest BCUT2D eigenvalue weighted by molar-refractivity contribution is 7.68. The van der Waals surface area contributed by atoms with Crippen molar-refractivity contribution in [2.45, 2.75) is 27.7 Å². The highest BCUT2D eigenvalue weighted by Gasteiger charge is 2.39. The van der Waals surface area contributed by atoms with Crippen molar-refractivity contribution in [2.75, 3.05) is 26.4 Å². The molecule has 0 heterocycles. The SMILES string of the molecule is CCOP(=O)(OCC)c1ccc(C(=O)O)cc1P(=O)(OCC)OCC. The van der Waals surface area contributed by atoms with E-state index >= 15 is 0 Å². The van der Waals surface area contributed by atoms with Gasteiger partial charge in [-0.2, -0.15) is 0 Å². The summed E-state index contributed by atoms with van der Waals surface area (Å²) in [6.07, 6.45) is 0. The first-order valence-electron chi connectivity index (χ1n) is 7.94. The molecule has 0 aromatic heterocycles. The molecule has 0 fully saturated rings. The van der Waals surface area contributed by atoms with E-state index in [-0.39, 0.29) is 42.6 Å². The maximum absolute atomic E-state index is 13.2. The van der Waals surface area contributed by atoms with Gasteiger partial charge in [0.1, 0.15) is 0 Å². The van der Waals surface area contributed by atoms with Crippen LogP contribution in [0, 0.1) is 0 Å². The molecule has 0 amide bonds. The summed E-state index contributed by atoms with van der Waals surface area (Å²) >= 11 is 0. The minimum absolute atomic E-state index is 0.0218. The van der Waals surface area contributed by atoms with E-state index in [1.54, 1.807) is 27.7 Å². The zero-order valence-corrected chi connectivity index (χ0v) is 16.5. The van der Waals surface area contributed by atoms with Crippen molar-refractivity contribution in [3.05, 3.63) is 23.8 Å². The molecule has 0 saturated heterocycles. The number of benzene rings is 1. The Hall–Kier alpha value is -1.01. The van der Waals surface area contributed by atoms with Crippen molar-refractivity contribution in [3.63, 3.8) is 0 Å². The zero-order valence-electron chi connectivity index (χ0n) is 14.8. The molecule has 0 radical (unpaired) electrons. The summed E-state index contributed by atoms with van der Waals surface area (Å²) in [5, 5.41) is 9.09. The lowest BCUT2D eigenvalue weighted by atomic mass is 10.2. The summed E-state index contributed by atoms with van der Waals surface area (Å²) in [5.41, 5.74) is -0.141. The second kappa shape index (κ2) is 9.62. The Morgan fingerprint density at radius 2 is 1.24 bits per heavy atom. The predicted octanol–water partition coefficient (Wildman–Crippen LogP) is 3.17. The minimum Gasteiger partial charge on any atom is -0.478 e. The maximum atomic E-state index is 13.2. The fourth-order valence-corrected chi connectivity index (χ4v) is 6.19. The van der Waals surface area contributed by atoms with Crippen LogP contribution in [0.3, 0.4) is 0 Å². The first kappa shape index (κ1) is 22.0. The molecular formula is C15H24O8P2. The van der Waals surface area contributed by atoms with E-state index in [1.807, 2.05) is 0 Å². The van der Waals surface area contributed by atoms with Crippen molar-refractivity contribution in [3.8, 4) is 0 Å². The highest BCUT2D eigenvalue weighted by atomic mass is 31.2. The largest absolute Gasteiger partial charge is 0.478 e. The molecule has 0 bridgehead atoms. The number of rotatable bonds is 11. The van der Waals surface area contributed by atoms with E-state index in [2.05, 4.69) is 0 Å². The van der Waals surface area contributed by atoms with Gasteiger partial charge < -0.3 is 23.2 Å². The molecule has 0 saturated carbocycles. The van der Waals surface area contributed by atoms with Crippen molar-refractivity contribution in [1.82, 2.24) is 0 Å². The van der Waals surface area contributed by atoms with Gasteiger partial charge in [0.2, 0.25) is 0 Å². The van der Waals surface area contributed by atoms with Gasteiger partial charge in [0.15, 0.2) is 0 Å². The molecule has 1 aromatic carbocycles. The van der Waals surface area contributed by atoms with Crippen LogP contribution in [0.1, 0.15) is 38.1 Å². The Morgan fingerprint density at radius 3 is 1.60 bits per heavy atom. The van der Waals surface area contributed by atoms with Gasteiger partial charge in [0, 0.05) is 0 Å². The summed E-state index contributed by atoms with van der Waals surface area (Å²) in [7, 11) is -7.74. The fourth-order valence-electron chi connectivity index (χ4n) is 2.14. The van der Waals surface area contributed by atoms with Gasteiger partial charge >= 0.3 is 21.2 Å². The van der Waals surface area contributed by atoms with Crippen LogP contribution < -0.4 is 10.6 Å². The number of hydrogen-bond donors (Lipinski definition) is 1. The summed E-state index contributed by atoms with van der Waals surface area (Å²) in [6, 6.07) is 3.65. The average molecular weight is 394 g/mol. The standard InChI is InChI=1S/C15H24O8P2/c1-5-20-24(18,21-6-2)13-10-9-12(15(16)17)11-14(13)25(19,22-7-3)23-8-4/h9-11H,5-8H2,1-4H3,(H,16,17). The Bertz CT molecular complexity index is 668. The van der Waals surface area contributed by atoms with E-state index in [0.717, 1.165) is 6.07 Å². The van der Waals surface area contributed by atoms with Gasteiger partial charge in [-0.15, -0.1) is 0 Å². The molecule has 1 N–H and O–H groups in total. The number of carboxylic acids is 1. The molecule has 0 unspecified atom stereocenters. The molecule has 1 rings (SSSR count). The summed E-state index contributed by atoms with van der Waals surface area (Å²) < 4.78 is 47.5. The van der Waals surface area contributed by atoms with Crippen molar-refractivity contribution >= 4 is 31.8 Å². The molecule has 0 spiro atoms. The molecule has 0 aliphatic carbocycles. The van der Waals surface area contributed by atoms with Gasteiger partial charge in [-0.1, -0.05) is 0 Å². The Kier molecular flexibility index (Phi) is 8.48. The molecule has 8 nitrogen and oxygen atoms in total. The predicted molar refractivity (Wildman–Crippen MR) is 94.4 cm³/mol. The van der Waals surface area contributed by atoms with Crippen LogP contribution in [-0.4, -0.2) is 37.5 Å². The van der Waals surface area contributed by atoms with Crippen LogP contribution in [0.15, 0.2) is 18.2 Å². The van der Waals surface area contributed by atoms with E-state index < -0.39 is 21.2 Å². The first-order chi connectivity index (χ1) is 11.8. The lowest BCUT2D eigenvalue weighted by Gasteiger charge is -2.24. The maximum Gasteiger partial charge on any atom is 0.362 e. The van der Waals surface area contributed by atoms with Crippen LogP contribution in [-0.2, 0) is 27.2 Å². The molecule has 142 valence electrons. The Labute approximate surface area is 147 Å². The van der Waals surface area contributed by atoms with Gasteiger partial charge in [0.25, 0.3) is 0 Å². The van der Waals surface area contributed by atoms with E-state index in [1.165, 1.54) is 12.1 Å². The fraction of sp³-hybridized carbons (Fsp3) is 0.533. The van der Waals surface area contributed by atoms with Crippen LogP contribution in [0.5, 0.6) is 0 Å². The van der Waals surface area contributed by atoms with Crippen LogP contribution >= 0.6 is 15.2 Å². The molecule has 0 aliphatic heterocycles. The molecule has 25 heavy (non-hydrogen) atoms. The molecular weight excluding hydrogens is 370 g/mol. The number of carboxylic acid groups (broad SMARTS) is 1. The third-order valence-corrected chi connectivity index (χ3v) is 7.52. The number of carbonyl (C=O) groups is 1. The topological polar surface area (TPSA) is 108 Å². The lowest BCUT2D eigenvalue weighted by Crippen LogP contribution is -2.30. The molecule has 0 atom stereocenters. The Morgan fingerprint density at radius 1 is 0.840 bits per heavy atom. The van der Waals surface area contributed by atoms with Crippen molar-refractivity contribution in [1.29, 1.82) is 0 Å². The normalized spacial score (nSPS) is 12.3. The van der Waals surface area contributed by atoms with Crippen molar-refractivity contribution in [2.24, 2.45) is 0 Å². The average Bonchev–Trinajstić information content (AvgIpc) is 2.55. The quantitative estimate of drug-likeness (QED) is 0.570. The second-order valence-electron chi connectivity index (χ2n) is 4.67. The minimum atomic E-state index is -3.92. The Balaban J connectivity index is 3.70. The summed E-state index contributed by atoms with van der Waals surface area (Å²) in [6.45, 7) is 6.82. The smallest absolute Gasteiger partial charge is 0.362 e. The lowest BCUT2D eigenvalue weighted by molar-refractivity contribution is 0.0697. The van der Waals surface area contributed by atoms with E-state index in [9.17, 15) is 19.0 Å². The second-order valence-corrected chi connectivity index (χ2v) is 8.66. The third kappa shape index (κ3) is 5.23. The number of aromatic carboxylic acids is 1. The zero-order chi connectivity index (χ0) is 19.1. The van der Waals surface area contributed by atoms with Gasteiger partial charge in [-0.3, -0.25) is 9.13 Å². The summed E-state index contributed by atoms with van der Waals surface area (Å²) in [4.78, 5) is 11.3. The van der Waals surface area contributed by atoms with Gasteiger partial charge in [-0.05, 0) is 45.9 Å². The van der Waals surface area contributed by atoms with Gasteiger partial charge in [-0.25, -0.2) is 4.79 Å². The van der Waals surface area contributed by atoms with Gasteiger partial charge in [0.05, 0.1) is 42.6 Å². The van der Waals surface area contributed by atoms with Crippen molar-refractivity contribution < 1.29 is 37.1 Å². The molecule has 0 aliphatic rings. The monoisotopic (exact) mass is 394 g/mol. The van der Waals surface area contributed by atoms with Crippen LogP contribution in [0.4, 0.5) is 0 Å². The molecule has 10 heteroatoms. The number of hydrogen-bond acceptors (Lipinski definition) is 7. The van der Waals surface area contributed by atoms with E-state index in [0.29, 0.717) is 0 Å². The summed E-state index contributed by atoms with van der Waals surface area (Å²) in [5.74, 6) is -1.23. The highest BCUT2D eigenvalue weighted by Crippen LogP contribution is 2.53. The van der Waals surface area contributed by atoms with E-state index in [4.69, 9.17) is 18.1 Å². The van der Waals surface area contributed by atoms with Crippen LogP contribution in [0.25, 0.3) is 0 Å². The molecule has 1 aromatic rings. The third-order valence-electron chi connectivity index (χ3n) is 3.01. The first-order valence-corrected chi connectivity index (χ1v) is 11.0.